The Bertz CT molecular complexity index is 513. The maximum Gasteiger partial charge on any atom is 0.223 e. The van der Waals surface area contributed by atoms with Gasteiger partial charge in [0, 0.05) is 12.3 Å². The summed E-state index contributed by atoms with van der Waals surface area (Å²) in [4.78, 5) is 11.4. The van der Waals surface area contributed by atoms with Gasteiger partial charge in [-0.05, 0) is 6.42 Å². The molecule has 0 radical (unpaired) electrons. The second-order valence-corrected chi connectivity index (χ2v) is 4.46. The van der Waals surface area contributed by atoms with Crippen molar-refractivity contribution in [3.8, 4) is 5.75 Å². The Hall–Kier alpha value is -1.41. The van der Waals surface area contributed by atoms with Gasteiger partial charge in [0.05, 0.1) is 12.3 Å². The zero-order valence-electron chi connectivity index (χ0n) is 10.4. The average molecular weight is 271 g/mol. The number of ether oxygens (including phenoxy) is 1. The predicted molar refractivity (Wildman–Crippen MR) is 64.8 cm³/mol. The fourth-order valence-electron chi connectivity index (χ4n) is 2.28. The van der Waals surface area contributed by atoms with Crippen LogP contribution in [-0.4, -0.2) is 49.9 Å². The lowest BCUT2D eigenvalue weighted by Crippen LogP contribution is -2.33. The van der Waals surface area contributed by atoms with Crippen LogP contribution in [0.15, 0.2) is 17.1 Å². The van der Waals surface area contributed by atoms with Gasteiger partial charge in [-0.3, -0.25) is 4.79 Å². The lowest BCUT2D eigenvalue weighted by atomic mass is 10.1. The molecule has 7 nitrogen and oxygen atoms in total. The molecule has 1 fully saturated rings. The summed E-state index contributed by atoms with van der Waals surface area (Å²) in [5, 5.41) is 38.4. The molecule has 1 aliphatic rings. The quantitative estimate of drug-likeness (QED) is 0.545. The van der Waals surface area contributed by atoms with Crippen LogP contribution in [0.1, 0.15) is 18.8 Å². The third kappa shape index (κ3) is 2.25. The largest absolute Gasteiger partial charge is 0.503 e. The summed E-state index contributed by atoms with van der Waals surface area (Å²) in [6.45, 7) is 1.31. The molecule has 0 spiro atoms. The van der Waals surface area contributed by atoms with Crippen LogP contribution >= 0.6 is 0 Å². The minimum atomic E-state index is -1.25. The van der Waals surface area contributed by atoms with Crippen molar-refractivity contribution in [1.29, 1.82) is 0 Å². The molecule has 2 heterocycles. The molecule has 2 rings (SSSR count). The Balaban J connectivity index is 2.43. The molecule has 1 aromatic heterocycles. The first-order chi connectivity index (χ1) is 9.01. The van der Waals surface area contributed by atoms with Crippen molar-refractivity contribution in [2.24, 2.45) is 0 Å². The number of aromatic hydroxyl groups is 1. The zero-order valence-corrected chi connectivity index (χ0v) is 10.4. The van der Waals surface area contributed by atoms with Crippen molar-refractivity contribution in [2.45, 2.75) is 37.9 Å². The highest BCUT2D eigenvalue weighted by Crippen LogP contribution is 2.31. The van der Waals surface area contributed by atoms with Gasteiger partial charge in [-0.2, -0.15) is 0 Å². The number of hydrogen-bond acceptors (Lipinski definition) is 6. The van der Waals surface area contributed by atoms with Crippen LogP contribution in [0.5, 0.6) is 5.75 Å². The van der Waals surface area contributed by atoms with E-state index in [1.165, 1.54) is 10.8 Å². The highest BCUT2D eigenvalue weighted by atomic mass is 16.6. The minimum absolute atomic E-state index is 0.308. The van der Waals surface area contributed by atoms with E-state index in [4.69, 9.17) is 9.84 Å². The van der Waals surface area contributed by atoms with Crippen molar-refractivity contribution >= 4 is 0 Å². The van der Waals surface area contributed by atoms with E-state index in [9.17, 15) is 20.1 Å². The summed E-state index contributed by atoms with van der Waals surface area (Å²) >= 11 is 0. The van der Waals surface area contributed by atoms with Gasteiger partial charge in [-0.15, -0.1) is 0 Å². The number of nitrogens with zero attached hydrogens (tertiary/aromatic N) is 1. The summed E-state index contributed by atoms with van der Waals surface area (Å²) < 4.78 is 6.76. The molecule has 19 heavy (non-hydrogen) atoms. The van der Waals surface area contributed by atoms with Gasteiger partial charge in [0.1, 0.15) is 18.3 Å². The Kier molecular flexibility index (Phi) is 3.91. The third-order valence-electron chi connectivity index (χ3n) is 3.33. The molecule has 0 aliphatic carbocycles. The van der Waals surface area contributed by atoms with E-state index in [-0.39, 0.29) is 0 Å². The van der Waals surface area contributed by atoms with E-state index in [0.717, 1.165) is 6.07 Å². The smallest absolute Gasteiger partial charge is 0.223 e. The van der Waals surface area contributed by atoms with E-state index in [1.54, 1.807) is 6.92 Å². The summed E-state index contributed by atoms with van der Waals surface area (Å²) in [5.41, 5.74) is -0.206. The van der Waals surface area contributed by atoms with Crippen molar-refractivity contribution in [1.82, 2.24) is 4.57 Å². The Morgan fingerprint density at radius 1 is 1.37 bits per heavy atom. The molecule has 1 saturated heterocycles. The lowest BCUT2D eigenvalue weighted by Gasteiger charge is -2.22. The van der Waals surface area contributed by atoms with Gasteiger partial charge in [-0.1, -0.05) is 6.92 Å². The maximum absolute atomic E-state index is 11.4. The first-order valence-corrected chi connectivity index (χ1v) is 6.06. The molecule has 7 heteroatoms. The molecule has 0 saturated carbocycles. The van der Waals surface area contributed by atoms with Gasteiger partial charge in [0.25, 0.3) is 0 Å². The summed E-state index contributed by atoms with van der Waals surface area (Å²) in [7, 11) is 0. The monoisotopic (exact) mass is 271 g/mol. The molecular formula is C12H17NO6. The van der Waals surface area contributed by atoms with Crippen LogP contribution in [0.4, 0.5) is 0 Å². The fourth-order valence-corrected chi connectivity index (χ4v) is 2.28. The van der Waals surface area contributed by atoms with Crippen molar-refractivity contribution in [3.05, 3.63) is 28.2 Å². The van der Waals surface area contributed by atoms with Gasteiger partial charge in [0.15, 0.2) is 12.0 Å². The number of aliphatic hydroxyl groups is 3. The van der Waals surface area contributed by atoms with Crippen LogP contribution in [0.25, 0.3) is 0 Å². The van der Waals surface area contributed by atoms with Gasteiger partial charge < -0.3 is 29.7 Å². The van der Waals surface area contributed by atoms with Crippen LogP contribution in [0, 0.1) is 0 Å². The van der Waals surface area contributed by atoms with Crippen LogP contribution in [0.3, 0.4) is 0 Å². The van der Waals surface area contributed by atoms with Gasteiger partial charge in [-0.25, -0.2) is 0 Å². The summed E-state index contributed by atoms with van der Waals surface area (Å²) in [6, 6.07) is 1.16. The first kappa shape index (κ1) is 14.0. The average Bonchev–Trinajstić information content (AvgIpc) is 2.69. The second kappa shape index (κ2) is 5.30. The number of aromatic nitrogens is 1. The zero-order chi connectivity index (χ0) is 14.2. The molecule has 0 unspecified atom stereocenters. The van der Waals surface area contributed by atoms with Crippen LogP contribution in [-0.2, 0) is 11.2 Å². The van der Waals surface area contributed by atoms with Gasteiger partial charge in [0.2, 0.25) is 5.43 Å². The van der Waals surface area contributed by atoms with Crippen molar-refractivity contribution < 1.29 is 25.2 Å². The van der Waals surface area contributed by atoms with E-state index < -0.39 is 42.3 Å². The molecule has 106 valence electrons. The molecular weight excluding hydrogens is 254 g/mol. The van der Waals surface area contributed by atoms with Gasteiger partial charge >= 0.3 is 0 Å². The topological polar surface area (TPSA) is 112 Å². The first-order valence-electron chi connectivity index (χ1n) is 6.06. The van der Waals surface area contributed by atoms with E-state index in [2.05, 4.69) is 0 Å². The minimum Gasteiger partial charge on any atom is -0.503 e. The lowest BCUT2D eigenvalue weighted by molar-refractivity contribution is -0.0543. The van der Waals surface area contributed by atoms with E-state index >= 15 is 0 Å². The summed E-state index contributed by atoms with van der Waals surface area (Å²) in [6.07, 6.45) is -2.57. The number of aliphatic hydroxyl groups excluding tert-OH is 3. The normalized spacial score (nSPS) is 30.7. The third-order valence-corrected chi connectivity index (χ3v) is 3.33. The second-order valence-electron chi connectivity index (χ2n) is 4.46. The highest BCUT2D eigenvalue weighted by Gasteiger charge is 2.43. The highest BCUT2D eigenvalue weighted by molar-refractivity contribution is 5.27. The molecule has 4 atom stereocenters. The predicted octanol–water partition coefficient (Wildman–Crippen LogP) is -1.27. The fraction of sp³-hybridized carbons (Fsp3) is 0.583. The Labute approximate surface area is 109 Å². The van der Waals surface area contributed by atoms with Crippen molar-refractivity contribution in [3.63, 3.8) is 0 Å². The molecule has 1 aliphatic heterocycles. The van der Waals surface area contributed by atoms with Crippen LogP contribution < -0.4 is 5.43 Å². The molecule has 4 N–H and O–H groups in total. The maximum atomic E-state index is 11.4. The Morgan fingerprint density at radius 3 is 2.58 bits per heavy atom. The van der Waals surface area contributed by atoms with Crippen molar-refractivity contribution in [2.75, 3.05) is 6.61 Å². The molecule has 0 aromatic carbocycles. The Morgan fingerprint density at radius 2 is 2.05 bits per heavy atom. The standard InChI is InChI=1S/C12H17NO6/c1-2-6-9(16)7(15)3-4-13(6)12-11(18)10(17)8(5-14)19-12/h3-4,8,10-12,14,16-18H,2,5H2,1H3/t8-,10+,11-,12-/m0/s1. The number of hydrogen-bond donors (Lipinski definition) is 4. The molecule has 0 bridgehead atoms. The number of rotatable bonds is 3. The summed E-state index contributed by atoms with van der Waals surface area (Å²) in [5.74, 6) is -0.400. The van der Waals surface area contributed by atoms with E-state index in [1.807, 2.05) is 0 Å². The SMILES string of the molecule is CCc1c(O)c(=O)ccn1[C@H]1O[C@@H](CO)[C@@H](O)[C@@H]1O. The molecule has 1 aromatic rings. The van der Waals surface area contributed by atoms with E-state index in [0.29, 0.717) is 12.1 Å². The molecule has 0 amide bonds. The van der Waals surface area contributed by atoms with Crippen LogP contribution in [0.2, 0.25) is 0 Å². The number of pyridine rings is 1.